The van der Waals surface area contributed by atoms with Gasteiger partial charge in [-0.25, -0.2) is 5.43 Å². The van der Waals surface area contributed by atoms with Crippen LogP contribution in [0.5, 0.6) is 23.0 Å². The van der Waals surface area contributed by atoms with Gasteiger partial charge in [0.15, 0.2) is 23.0 Å². The number of hydrogen-bond acceptors (Lipinski definition) is 6. The van der Waals surface area contributed by atoms with Crippen LogP contribution < -0.4 is 24.4 Å². The first-order valence-corrected chi connectivity index (χ1v) is 8.34. The minimum Gasteiger partial charge on any atom is -0.493 e. The lowest BCUT2D eigenvalue weighted by molar-refractivity contribution is -0.130. The highest BCUT2D eigenvalue weighted by atomic mass is 16.6. The molecule has 3 rings (SSSR count). The van der Waals surface area contributed by atoms with Gasteiger partial charge in [0, 0.05) is 0 Å². The lowest BCUT2D eigenvalue weighted by atomic mass is 10.2. The third-order valence-electron chi connectivity index (χ3n) is 3.73. The van der Waals surface area contributed by atoms with Gasteiger partial charge in [0.2, 0.25) is 6.10 Å². The van der Waals surface area contributed by atoms with Crippen LogP contribution in [0.15, 0.2) is 60.2 Å². The normalized spacial score (nSPS) is 15.2. The van der Waals surface area contributed by atoms with E-state index in [0.717, 1.165) is 5.56 Å². The third-order valence-corrected chi connectivity index (χ3v) is 3.73. The van der Waals surface area contributed by atoms with Crippen molar-refractivity contribution in [3.8, 4) is 23.0 Å². The van der Waals surface area contributed by atoms with Gasteiger partial charge in [-0.2, -0.15) is 5.10 Å². The molecule has 2 aromatic rings. The number of amides is 1. The molecular weight excluding hydrogens is 348 g/mol. The van der Waals surface area contributed by atoms with Crippen LogP contribution in [0.4, 0.5) is 0 Å². The summed E-state index contributed by atoms with van der Waals surface area (Å²) >= 11 is 0. The predicted octanol–water partition coefficient (Wildman–Crippen LogP) is 2.55. The minimum atomic E-state index is -0.763. The van der Waals surface area contributed by atoms with Crippen LogP contribution in [-0.4, -0.2) is 38.5 Å². The number of benzene rings is 2. The summed E-state index contributed by atoms with van der Waals surface area (Å²) in [5.41, 5.74) is 3.20. The largest absolute Gasteiger partial charge is 0.493 e. The molecule has 1 aliphatic heterocycles. The van der Waals surface area contributed by atoms with Crippen LogP contribution >= 0.6 is 0 Å². The van der Waals surface area contributed by atoms with Crippen molar-refractivity contribution < 1.29 is 23.7 Å². The number of nitrogens with one attached hydrogen (secondary N) is 1. The topological polar surface area (TPSA) is 78.4 Å². The number of hydrazone groups is 1. The number of nitrogens with zero attached hydrogens (tertiary/aromatic N) is 1. The summed E-state index contributed by atoms with van der Waals surface area (Å²) in [6, 6.07) is 12.5. The predicted molar refractivity (Wildman–Crippen MR) is 101 cm³/mol. The SMILES string of the molecule is C=CCOc1ccc(/C=N\NC(=O)[C@@H]2COc3ccccc3O2)cc1OC. The molecule has 0 bridgehead atoms. The molecule has 1 N–H and O–H groups in total. The number of carbonyl (C=O) groups excluding carboxylic acids is 1. The number of fused-ring (bicyclic) bond motifs is 1. The molecule has 1 aliphatic rings. The Hall–Kier alpha value is -3.48. The van der Waals surface area contributed by atoms with E-state index in [1.54, 1.807) is 43.5 Å². The van der Waals surface area contributed by atoms with Crippen molar-refractivity contribution >= 4 is 12.1 Å². The lowest BCUT2D eigenvalue weighted by Crippen LogP contribution is -2.42. The zero-order chi connectivity index (χ0) is 19.1. The van der Waals surface area contributed by atoms with Gasteiger partial charge >= 0.3 is 0 Å². The van der Waals surface area contributed by atoms with E-state index < -0.39 is 12.0 Å². The van der Waals surface area contributed by atoms with E-state index in [1.807, 2.05) is 12.1 Å². The van der Waals surface area contributed by atoms with Gasteiger partial charge in [0.25, 0.3) is 5.91 Å². The van der Waals surface area contributed by atoms with Gasteiger partial charge in [0.1, 0.15) is 13.2 Å². The highest BCUT2D eigenvalue weighted by Crippen LogP contribution is 2.31. The van der Waals surface area contributed by atoms with Gasteiger partial charge in [-0.3, -0.25) is 4.79 Å². The molecule has 0 saturated heterocycles. The van der Waals surface area contributed by atoms with E-state index in [9.17, 15) is 4.79 Å². The Labute approximate surface area is 157 Å². The van der Waals surface area contributed by atoms with Crippen LogP contribution in [0.3, 0.4) is 0 Å². The van der Waals surface area contributed by atoms with Crippen LogP contribution in [0, 0.1) is 0 Å². The van der Waals surface area contributed by atoms with Crippen molar-refractivity contribution in [1.29, 1.82) is 0 Å². The number of methoxy groups -OCH3 is 1. The Morgan fingerprint density at radius 2 is 2.11 bits per heavy atom. The Kier molecular flexibility index (Phi) is 5.94. The maximum Gasteiger partial charge on any atom is 0.284 e. The zero-order valence-electron chi connectivity index (χ0n) is 14.9. The number of hydrogen-bond donors (Lipinski definition) is 1. The standard InChI is InChI=1S/C20H20N2O5/c1-3-10-25-16-9-8-14(11-18(16)24-2)12-21-22-20(23)19-13-26-15-6-4-5-7-17(15)27-19/h3-9,11-12,19H,1,10,13H2,2H3,(H,22,23)/b21-12-/t19-/m0/s1. The van der Waals surface area contributed by atoms with Crippen LogP contribution in [0.2, 0.25) is 0 Å². The monoisotopic (exact) mass is 368 g/mol. The molecule has 140 valence electrons. The molecule has 0 fully saturated rings. The maximum atomic E-state index is 12.2. The Morgan fingerprint density at radius 3 is 2.89 bits per heavy atom. The summed E-state index contributed by atoms with van der Waals surface area (Å²) in [6.07, 6.45) is 2.40. The van der Waals surface area contributed by atoms with E-state index in [0.29, 0.717) is 29.6 Å². The minimum absolute atomic E-state index is 0.127. The number of ether oxygens (including phenoxy) is 4. The van der Waals surface area contributed by atoms with E-state index in [-0.39, 0.29) is 6.61 Å². The molecule has 2 aromatic carbocycles. The first kappa shape index (κ1) is 18.3. The molecule has 1 atom stereocenters. The fourth-order valence-electron chi connectivity index (χ4n) is 2.42. The molecule has 0 aromatic heterocycles. The molecule has 0 saturated carbocycles. The first-order valence-electron chi connectivity index (χ1n) is 8.34. The van der Waals surface area contributed by atoms with Gasteiger partial charge in [0.05, 0.1) is 13.3 Å². The van der Waals surface area contributed by atoms with Crippen molar-refractivity contribution in [1.82, 2.24) is 5.43 Å². The second-order valence-corrected chi connectivity index (χ2v) is 5.61. The first-order chi connectivity index (χ1) is 13.2. The van der Waals surface area contributed by atoms with Crippen molar-refractivity contribution in [3.05, 3.63) is 60.7 Å². The molecule has 27 heavy (non-hydrogen) atoms. The van der Waals surface area contributed by atoms with Crippen LogP contribution in [0.1, 0.15) is 5.56 Å². The smallest absolute Gasteiger partial charge is 0.284 e. The fourth-order valence-corrected chi connectivity index (χ4v) is 2.42. The molecule has 0 spiro atoms. The molecule has 7 heteroatoms. The summed E-state index contributed by atoms with van der Waals surface area (Å²) in [7, 11) is 1.55. The highest BCUT2D eigenvalue weighted by molar-refractivity contribution is 5.85. The molecule has 0 unspecified atom stereocenters. The van der Waals surface area contributed by atoms with Crippen molar-refractivity contribution in [3.63, 3.8) is 0 Å². The Balaban J connectivity index is 1.59. The average Bonchev–Trinajstić information content (AvgIpc) is 2.72. The summed E-state index contributed by atoms with van der Waals surface area (Å²) in [5, 5.41) is 3.97. The average molecular weight is 368 g/mol. The zero-order valence-corrected chi connectivity index (χ0v) is 14.9. The number of rotatable bonds is 7. The van der Waals surface area contributed by atoms with Crippen LogP contribution in [-0.2, 0) is 4.79 Å². The van der Waals surface area contributed by atoms with E-state index in [2.05, 4.69) is 17.1 Å². The van der Waals surface area contributed by atoms with Gasteiger partial charge in [-0.05, 0) is 35.9 Å². The third kappa shape index (κ3) is 4.58. The summed E-state index contributed by atoms with van der Waals surface area (Å²) in [4.78, 5) is 12.2. The van der Waals surface area contributed by atoms with Crippen LogP contribution in [0.25, 0.3) is 0 Å². The lowest BCUT2D eigenvalue weighted by Gasteiger charge is -2.24. The number of carbonyl (C=O) groups is 1. The molecule has 1 heterocycles. The number of para-hydroxylation sites is 2. The van der Waals surface area contributed by atoms with Gasteiger partial charge in [-0.1, -0.05) is 24.8 Å². The van der Waals surface area contributed by atoms with Gasteiger partial charge < -0.3 is 18.9 Å². The van der Waals surface area contributed by atoms with Crippen molar-refractivity contribution in [2.24, 2.45) is 5.10 Å². The Morgan fingerprint density at radius 1 is 1.30 bits per heavy atom. The summed E-state index contributed by atoms with van der Waals surface area (Å²) in [5.74, 6) is 1.93. The molecule has 1 amide bonds. The second-order valence-electron chi connectivity index (χ2n) is 5.61. The molecule has 0 radical (unpaired) electrons. The second kappa shape index (κ2) is 8.75. The van der Waals surface area contributed by atoms with Crippen molar-refractivity contribution in [2.45, 2.75) is 6.10 Å². The van der Waals surface area contributed by atoms with E-state index >= 15 is 0 Å². The van der Waals surface area contributed by atoms with E-state index in [4.69, 9.17) is 18.9 Å². The molecular formula is C20H20N2O5. The van der Waals surface area contributed by atoms with E-state index in [1.165, 1.54) is 6.21 Å². The summed E-state index contributed by atoms with van der Waals surface area (Å²) in [6.45, 7) is 4.12. The quantitative estimate of drug-likeness (QED) is 0.462. The molecule has 0 aliphatic carbocycles. The fraction of sp³-hybridized carbons (Fsp3) is 0.200. The van der Waals surface area contributed by atoms with Crippen molar-refractivity contribution in [2.75, 3.05) is 20.3 Å². The Bertz CT molecular complexity index is 850. The highest BCUT2D eigenvalue weighted by Gasteiger charge is 2.26. The van der Waals surface area contributed by atoms with Gasteiger partial charge in [-0.15, -0.1) is 0 Å². The molecule has 7 nitrogen and oxygen atoms in total. The maximum absolute atomic E-state index is 12.2. The summed E-state index contributed by atoms with van der Waals surface area (Å²) < 4.78 is 21.9.